The molecule has 0 nitrogen and oxygen atoms in total. The van der Waals surface area contributed by atoms with Crippen molar-refractivity contribution < 1.29 is 0 Å². The molecule has 0 radical (unpaired) electrons. The van der Waals surface area contributed by atoms with Gasteiger partial charge in [0.15, 0.2) is 0 Å². The van der Waals surface area contributed by atoms with Crippen molar-refractivity contribution in [3.05, 3.63) is 21.4 Å². The second kappa shape index (κ2) is 3.45. The standard InChI is InChI=1S/C12H20S/c1-8(2)10-7-9(3)13-11(10)12(4,5)6/h7-8H,1-6H3. The highest BCUT2D eigenvalue weighted by atomic mass is 32.1. The van der Waals surface area contributed by atoms with E-state index in [0.717, 1.165) is 0 Å². The Bertz CT molecular complexity index is 287. The quantitative estimate of drug-likeness (QED) is 0.621. The molecule has 1 aromatic heterocycles. The monoisotopic (exact) mass is 196 g/mol. The summed E-state index contributed by atoms with van der Waals surface area (Å²) in [6.07, 6.45) is 0. The van der Waals surface area contributed by atoms with Gasteiger partial charge in [-0.3, -0.25) is 0 Å². The fraction of sp³-hybridized carbons (Fsp3) is 0.667. The minimum atomic E-state index is 0.304. The lowest BCUT2D eigenvalue weighted by Gasteiger charge is -2.20. The average Bonchev–Trinajstić information content (AvgIpc) is 2.29. The molecule has 1 rings (SSSR count). The molecule has 0 saturated carbocycles. The molecular formula is C12H20S. The Morgan fingerprint density at radius 2 is 1.77 bits per heavy atom. The number of hydrogen-bond donors (Lipinski definition) is 0. The van der Waals surface area contributed by atoms with E-state index in [-0.39, 0.29) is 0 Å². The maximum atomic E-state index is 2.34. The third-order valence-electron chi connectivity index (χ3n) is 2.19. The van der Waals surface area contributed by atoms with Crippen LogP contribution in [0.25, 0.3) is 0 Å². The second-order valence-corrected chi connectivity index (χ2v) is 6.30. The zero-order chi connectivity index (χ0) is 10.2. The molecule has 1 heterocycles. The number of aryl methyl sites for hydroxylation is 1. The van der Waals surface area contributed by atoms with Gasteiger partial charge in [-0.2, -0.15) is 0 Å². The topological polar surface area (TPSA) is 0 Å². The molecule has 1 aromatic rings. The van der Waals surface area contributed by atoms with Gasteiger partial charge < -0.3 is 0 Å². The molecule has 0 unspecified atom stereocenters. The molecule has 0 aromatic carbocycles. The summed E-state index contributed by atoms with van der Waals surface area (Å²) < 4.78 is 0. The van der Waals surface area contributed by atoms with E-state index in [0.29, 0.717) is 11.3 Å². The molecule has 0 bridgehead atoms. The third kappa shape index (κ3) is 2.34. The van der Waals surface area contributed by atoms with Crippen LogP contribution in [0.2, 0.25) is 0 Å². The smallest absolute Gasteiger partial charge is 0.0136 e. The van der Waals surface area contributed by atoms with Crippen molar-refractivity contribution in [2.45, 2.75) is 52.9 Å². The Kier molecular flexibility index (Phi) is 2.86. The lowest BCUT2D eigenvalue weighted by molar-refractivity contribution is 0.592. The largest absolute Gasteiger partial charge is 0.145 e. The number of hydrogen-bond acceptors (Lipinski definition) is 1. The van der Waals surface area contributed by atoms with E-state index in [4.69, 9.17) is 0 Å². The summed E-state index contributed by atoms with van der Waals surface area (Å²) in [5.41, 5.74) is 1.84. The first-order valence-corrected chi connectivity index (χ1v) is 5.75. The summed E-state index contributed by atoms with van der Waals surface area (Å²) in [5, 5.41) is 0. The Morgan fingerprint density at radius 3 is 2.08 bits per heavy atom. The van der Waals surface area contributed by atoms with Gasteiger partial charge in [0, 0.05) is 9.75 Å². The highest BCUT2D eigenvalue weighted by Crippen LogP contribution is 2.36. The normalized spacial score (nSPS) is 12.5. The summed E-state index contributed by atoms with van der Waals surface area (Å²) in [4.78, 5) is 2.99. The van der Waals surface area contributed by atoms with Crippen molar-refractivity contribution in [2.24, 2.45) is 0 Å². The molecule has 0 atom stereocenters. The third-order valence-corrected chi connectivity index (χ3v) is 3.68. The van der Waals surface area contributed by atoms with E-state index in [1.54, 1.807) is 4.88 Å². The summed E-state index contributed by atoms with van der Waals surface area (Å²) in [6, 6.07) is 2.34. The zero-order valence-corrected chi connectivity index (χ0v) is 10.4. The summed E-state index contributed by atoms with van der Waals surface area (Å²) in [7, 11) is 0. The molecule has 74 valence electrons. The number of rotatable bonds is 1. The minimum absolute atomic E-state index is 0.304. The molecule has 0 aliphatic heterocycles. The lowest BCUT2D eigenvalue weighted by Crippen LogP contribution is -2.11. The molecule has 0 N–H and O–H groups in total. The first kappa shape index (κ1) is 10.8. The Balaban J connectivity index is 3.20. The van der Waals surface area contributed by atoms with E-state index in [2.05, 4.69) is 47.6 Å². The van der Waals surface area contributed by atoms with Crippen LogP contribution >= 0.6 is 11.3 Å². The SMILES string of the molecule is Cc1cc(C(C)C)c(C(C)(C)C)s1. The van der Waals surface area contributed by atoms with Crippen molar-refractivity contribution in [1.82, 2.24) is 0 Å². The van der Waals surface area contributed by atoms with E-state index in [1.165, 1.54) is 10.4 Å². The van der Waals surface area contributed by atoms with Gasteiger partial charge in [-0.25, -0.2) is 0 Å². The van der Waals surface area contributed by atoms with Crippen molar-refractivity contribution in [1.29, 1.82) is 0 Å². The summed E-state index contributed by atoms with van der Waals surface area (Å²) in [5.74, 6) is 0.652. The first-order valence-electron chi connectivity index (χ1n) is 4.93. The van der Waals surface area contributed by atoms with Crippen molar-refractivity contribution >= 4 is 11.3 Å². The molecule has 1 heteroatoms. The van der Waals surface area contributed by atoms with Gasteiger partial charge >= 0.3 is 0 Å². The highest BCUT2D eigenvalue weighted by Gasteiger charge is 2.21. The Morgan fingerprint density at radius 1 is 1.23 bits per heavy atom. The van der Waals surface area contributed by atoms with Crippen LogP contribution in [-0.2, 0) is 5.41 Å². The van der Waals surface area contributed by atoms with Crippen LogP contribution in [0.1, 0.15) is 55.9 Å². The van der Waals surface area contributed by atoms with Crippen LogP contribution in [0.15, 0.2) is 6.07 Å². The summed E-state index contributed by atoms with van der Waals surface area (Å²) >= 11 is 1.95. The Labute approximate surface area is 86.0 Å². The van der Waals surface area contributed by atoms with E-state index < -0.39 is 0 Å². The van der Waals surface area contributed by atoms with Crippen molar-refractivity contribution in [3.63, 3.8) is 0 Å². The van der Waals surface area contributed by atoms with Crippen LogP contribution in [0.5, 0.6) is 0 Å². The van der Waals surface area contributed by atoms with Gasteiger partial charge in [-0.1, -0.05) is 34.6 Å². The molecule has 0 aliphatic carbocycles. The minimum Gasteiger partial charge on any atom is -0.145 e. The predicted octanol–water partition coefficient (Wildman–Crippen LogP) is 4.48. The molecule has 13 heavy (non-hydrogen) atoms. The van der Waals surface area contributed by atoms with Gasteiger partial charge in [-0.15, -0.1) is 11.3 Å². The molecule has 0 amide bonds. The summed E-state index contributed by atoms with van der Waals surface area (Å²) in [6.45, 7) is 13.6. The fourth-order valence-electron chi connectivity index (χ4n) is 1.55. The number of thiophene rings is 1. The highest BCUT2D eigenvalue weighted by molar-refractivity contribution is 7.12. The van der Waals surface area contributed by atoms with Gasteiger partial charge in [-0.05, 0) is 29.9 Å². The van der Waals surface area contributed by atoms with Gasteiger partial charge in [0.2, 0.25) is 0 Å². The fourth-order valence-corrected chi connectivity index (χ4v) is 2.78. The molecule has 0 saturated heterocycles. The van der Waals surface area contributed by atoms with Crippen molar-refractivity contribution in [2.75, 3.05) is 0 Å². The van der Waals surface area contributed by atoms with Crippen LogP contribution in [-0.4, -0.2) is 0 Å². The van der Waals surface area contributed by atoms with Gasteiger partial charge in [0.05, 0.1) is 0 Å². The van der Waals surface area contributed by atoms with Gasteiger partial charge in [0.1, 0.15) is 0 Å². The first-order chi connectivity index (χ1) is 5.82. The molecule has 0 fully saturated rings. The Hall–Kier alpha value is -0.300. The van der Waals surface area contributed by atoms with Crippen LogP contribution in [0.3, 0.4) is 0 Å². The molecular weight excluding hydrogens is 176 g/mol. The van der Waals surface area contributed by atoms with Crippen LogP contribution in [0, 0.1) is 6.92 Å². The second-order valence-electron chi connectivity index (χ2n) is 5.05. The maximum absolute atomic E-state index is 2.34. The average molecular weight is 196 g/mol. The van der Waals surface area contributed by atoms with E-state index in [1.807, 2.05) is 11.3 Å². The van der Waals surface area contributed by atoms with Gasteiger partial charge in [0.25, 0.3) is 0 Å². The molecule has 0 aliphatic rings. The lowest BCUT2D eigenvalue weighted by atomic mass is 9.88. The van der Waals surface area contributed by atoms with Crippen LogP contribution < -0.4 is 0 Å². The maximum Gasteiger partial charge on any atom is 0.0136 e. The zero-order valence-electron chi connectivity index (χ0n) is 9.56. The van der Waals surface area contributed by atoms with E-state index in [9.17, 15) is 0 Å². The predicted molar refractivity (Wildman–Crippen MR) is 61.8 cm³/mol. The van der Waals surface area contributed by atoms with E-state index >= 15 is 0 Å². The van der Waals surface area contributed by atoms with Crippen LogP contribution in [0.4, 0.5) is 0 Å². The molecule has 0 spiro atoms. The van der Waals surface area contributed by atoms with Crippen molar-refractivity contribution in [3.8, 4) is 0 Å².